The number of hydrogen-bond acceptors (Lipinski definition) is 2. The molecule has 26 heavy (non-hydrogen) atoms. The maximum atomic E-state index is 5.79. The smallest absolute Gasteiger partial charge is 0.175 e. The van der Waals surface area contributed by atoms with Gasteiger partial charge in [0.15, 0.2) is 5.11 Å². The molecule has 0 atom stereocenters. The van der Waals surface area contributed by atoms with Crippen molar-refractivity contribution in [3.8, 4) is 11.5 Å². The van der Waals surface area contributed by atoms with Crippen LogP contribution in [0.4, 0.5) is 11.4 Å². The van der Waals surface area contributed by atoms with Crippen LogP contribution in [-0.2, 0) is 0 Å². The topological polar surface area (TPSA) is 33.3 Å². The highest BCUT2D eigenvalue weighted by molar-refractivity contribution is 7.80. The zero-order valence-electron chi connectivity index (χ0n) is 14.9. The zero-order chi connectivity index (χ0) is 18.4. The Morgan fingerprint density at radius 2 is 1.42 bits per heavy atom. The Kier molecular flexibility index (Phi) is 5.87. The van der Waals surface area contributed by atoms with Gasteiger partial charge in [-0.1, -0.05) is 44.2 Å². The standard InChI is InChI=1S/C22H22N2OS/c1-16(2)17-7-6-8-19(15-17)24-22(26)23-18-11-13-21(14-12-18)25-20-9-4-3-5-10-20/h3-16H,1-2H3,(H2,23,24,26). The summed E-state index contributed by atoms with van der Waals surface area (Å²) in [4.78, 5) is 0. The average Bonchev–Trinajstić information content (AvgIpc) is 2.64. The Morgan fingerprint density at radius 3 is 2.12 bits per heavy atom. The van der Waals surface area contributed by atoms with E-state index in [0.717, 1.165) is 22.9 Å². The molecular formula is C22H22N2OS. The summed E-state index contributed by atoms with van der Waals surface area (Å²) in [5, 5.41) is 6.98. The predicted octanol–water partition coefficient (Wildman–Crippen LogP) is 6.41. The van der Waals surface area contributed by atoms with Gasteiger partial charge in [0.2, 0.25) is 0 Å². The number of nitrogens with one attached hydrogen (secondary N) is 2. The third-order valence-corrected chi connectivity index (χ3v) is 4.11. The molecule has 0 bridgehead atoms. The molecule has 0 heterocycles. The molecule has 0 aliphatic rings. The first kappa shape index (κ1) is 18.0. The lowest BCUT2D eigenvalue weighted by molar-refractivity contribution is 0.483. The summed E-state index contributed by atoms with van der Waals surface area (Å²) in [7, 11) is 0. The Hall–Kier alpha value is -2.85. The fraction of sp³-hybridized carbons (Fsp3) is 0.136. The molecule has 0 saturated heterocycles. The largest absolute Gasteiger partial charge is 0.457 e. The van der Waals surface area contributed by atoms with E-state index in [4.69, 9.17) is 17.0 Å². The SMILES string of the molecule is CC(C)c1cccc(NC(=S)Nc2ccc(Oc3ccccc3)cc2)c1. The predicted molar refractivity (Wildman–Crippen MR) is 113 cm³/mol. The summed E-state index contributed by atoms with van der Waals surface area (Å²) in [5.41, 5.74) is 3.17. The van der Waals surface area contributed by atoms with Gasteiger partial charge in [0.1, 0.15) is 11.5 Å². The molecule has 0 aromatic heterocycles. The van der Waals surface area contributed by atoms with Crippen molar-refractivity contribution < 1.29 is 4.74 Å². The van der Waals surface area contributed by atoms with Gasteiger partial charge in [-0.15, -0.1) is 0 Å². The van der Waals surface area contributed by atoms with Crippen LogP contribution in [0.1, 0.15) is 25.3 Å². The van der Waals surface area contributed by atoms with Gasteiger partial charge in [0.05, 0.1) is 0 Å². The van der Waals surface area contributed by atoms with Crippen LogP contribution >= 0.6 is 12.2 Å². The number of para-hydroxylation sites is 1. The monoisotopic (exact) mass is 362 g/mol. The molecule has 0 unspecified atom stereocenters. The summed E-state index contributed by atoms with van der Waals surface area (Å²) in [6.45, 7) is 4.35. The van der Waals surface area contributed by atoms with Crippen molar-refractivity contribution in [3.05, 3.63) is 84.4 Å². The summed E-state index contributed by atoms with van der Waals surface area (Å²) >= 11 is 5.41. The minimum atomic E-state index is 0.482. The van der Waals surface area contributed by atoms with E-state index in [1.807, 2.05) is 66.7 Å². The highest BCUT2D eigenvalue weighted by Crippen LogP contribution is 2.23. The lowest BCUT2D eigenvalue weighted by Crippen LogP contribution is -2.19. The number of anilines is 2. The molecule has 4 heteroatoms. The minimum absolute atomic E-state index is 0.482. The Labute approximate surface area is 160 Å². The van der Waals surface area contributed by atoms with E-state index in [-0.39, 0.29) is 0 Å². The average molecular weight is 362 g/mol. The normalized spacial score (nSPS) is 10.4. The van der Waals surface area contributed by atoms with E-state index in [2.05, 4.69) is 36.6 Å². The lowest BCUT2D eigenvalue weighted by Gasteiger charge is -2.13. The fourth-order valence-corrected chi connectivity index (χ4v) is 2.74. The molecule has 132 valence electrons. The van der Waals surface area contributed by atoms with E-state index in [1.54, 1.807) is 0 Å². The van der Waals surface area contributed by atoms with Gasteiger partial charge >= 0.3 is 0 Å². The van der Waals surface area contributed by atoms with Crippen LogP contribution in [0.3, 0.4) is 0 Å². The van der Waals surface area contributed by atoms with E-state index in [0.29, 0.717) is 11.0 Å². The van der Waals surface area contributed by atoms with Crippen LogP contribution in [0.25, 0.3) is 0 Å². The highest BCUT2D eigenvalue weighted by Gasteiger charge is 2.03. The second-order valence-corrected chi connectivity index (χ2v) is 6.71. The second kappa shape index (κ2) is 8.50. The molecular weight excluding hydrogens is 340 g/mol. The van der Waals surface area contributed by atoms with Gasteiger partial charge in [-0.2, -0.15) is 0 Å². The van der Waals surface area contributed by atoms with Crippen molar-refractivity contribution in [1.29, 1.82) is 0 Å². The van der Waals surface area contributed by atoms with Crippen LogP contribution in [0.2, 0.25) is 0 Å². The molecule has 0 aliphatic carbocycles. The first-order valence-corrected chi connectivity index (χ1v) is 9.02. The van der Waals surface area contributed by atoms with Crippen molar-refractivity contribution >= 4 is 28.7 Å². The number of hydrogen-bond donors (Lipinski definition) is 2. The Balaban J connectivity index is 1.58. The van der Waals surface area contributed by atoms with E-state index >= 15 is 0 Å². The van der Waals surface area contributed by atoms with Gasteiger partial charge in [-0.3, -0.25) is 0 Å². The van der Waals surface area contributed by atoms with E-state index in [9.17, 15) is 0 Å². The first-order chi connectivity index (χ1) is 12.6. The first-order valence-electron chi connectivity index (χ1n) is 8.61. The molecule has 0 radical (unpaired) electrons. The van der Waals surface area contributed by atoms with Gasteiger partial charge in [-0.05, 0) is 72.2 Å². The fourth-order valence-electron chi connectivity index (χ4n) is 2.50. The summed E-state index contributed by atoms with van der Waals surface area (Å²) in [6.07, 6.45) is 0. The number of rotatable bonds is 5. The molecule has 0 saturated carbocycles. The maximum absolute atomic E-state index is 5.79. The van der Waals surface area contributed by atoms with Crippen LogP contribution in [0.5, 0.6) is 11.5 Å². The maximum Gasteiger partial charge on any atom is 0.175 e. The van der Waals surface area contributed by atoms with Gasteiger partial charge in [-0.25, -0.2) is 0 Å². The van der Waals surface area contributed by atoms with Crippen molar-refractivity contribution in [2.45, 2.75) is 19.8 Å². The second-order valence-electron chi connectivity index (χ2n) is 6.30. The minimum Gasteiger partial charge on any atom is -0.457 e. The summed E-state index contributed by atoms with van der Waals surface area (Å²) in [5.74, 6) is 2.08. The Bertz CT molecular complexity index is 861. The molecule has 0 spiro atoms. The van der Waals surface area contributed by atoms with E-state index in [1.165, 1.54) is 5.56 Å². The van der Waals surface area contributed by atoms with Crippen LogP contribution in [0.15, 0.2) is 78.9 Å². The van der Waals surface area contributed by atoms with Crippen LogP contribution < -0.4 is 15.4 Å². The lowest BCUT2D eigenvalue weighted by atomic mass is 10.0. The molecule has 3 aromatic carbocycles. The van der Waals surface area contributed by atoms with Gasteiger partial charge in [0, 0.05) is 11.4 Å². The van der Waals surface area contributed by atoms with Crippen molar-refractivity contribution in [2.75, 3.05) is 10.6 Å². The molecule has 0 aliphatic heterocycles. The van der Waals surface area contributed by atoms with E-state index < -0.39 is 0 Å². The number of ether oxygens (including phenoxy) is 1. The molecule has 3 nitrogen and oxygen atoms in total. The molecule has 3 aromatic rings. The number of thiocarbonyl (C=S) groups is 1. The number of benzene rings is 3. The van der Waals surface area contributed by atoms with Crippen LogP contribution in [0, 0.1) is 0 Å². The molecule has 2 N–H and O–H groups in total. The highest BCUT2D eigenvalue weighted by atomic mass is 32.1. The molecule has 0 fully saturated rings. The third kappa shape index (κ3) is 5.07. The molecule has 3 rings (SSSR count). The summed E-state index contributed by atoms with van der Waals surface area (Å²) in [6, 6.07) is 25.7. The van der Waals surface area contributed by atoms with Crippen LogP contribution in [-0.4, -0.2) is 5.11 Å². The van der Waals surface area contributed by atoms with Crippen molar-refractivity contribution in [3.63, 3.8) is 0 Å². The quantitative estimate of drug-likeness (QED) is 0.514. The summed E-state index contributed by atoms with van der Waals surface area (Å²) < 4.78 is 5.79. The third-order valence-electron chi connectivity index (χ3n) is 3.90. The van der Waals surface area contributed by atoms with Crippen molar-refractivity contribution in [2.24, 2.45) is 0 Å². The zero-order valence-corrected chi connectivity index (χ0v) is 15.7. The van der Waals surface area contributed by atoms with Crippen molar-refractivity contribution in [1.82, 2.24) is 0 Å². The van der Waals surface area contributed by atoms with Gasteiger partial charge in [0.25, 0.3) is 0 Å². The van der Waals surface area contributed by atoms with Gasteiger partial charge < -0.3 is 15.4 Å². The Morgan fingerprint density at radius 1 is 0.769 bits per heavy atom. The molecule has 0 amide bonds.